The van der Waals surface area contributed by atoms with Gasteiger partial charge in [0.05, 0.1) is 11.7 Å². The molecule has 0 saturated carbocycles. The molecule has 138 valence electrons. The number of rotatable bonds is 5. The SMILES string of the molecule is O=C(COc1ccc(-n2cnnn2)cc1)N1CCC[C@H]1c1ccc(F)cc1. The van der Waals surface area contributed by atoms with Gasteiger partial charge in [-0.05, 0) is 65.2 Å². The number of likely N-dealkylation sites (tertiary alicyclic amines) is 1. The largest absolute Gasteiger partial charge is 0.484 e. The van der Waals surface area contributed by atoms with Crippen LogP contribution in [0.3, 0.4) is 0 Å². The fourth-order valence-corrected chi connectivity index (χ4v) is 3.30. The highest BCUT2D eigenvalue weighted by Crippen LogP contribution is 2.32. The molecule has 1 aliphatic rings. The van der Waals surface area contributed by atoms with Crippen molar-refractivity contribution >= 4 is 5.91 Å². The number of tetrazole rings is 1. The summed E-state index contributed by atoms with van der Waals surface area (Å²) in [5.74, 6) is 0.243. The first-order valence-electron chi connectivity index (χ1n) is 8.72. The van der Waals surface area contributed by atoms with Crippen LogP contribution in [-0.4, -0.2) is 44.2 Å². The van der Waals surface area contributed by atoms with E-state index in [1.54, 1.807) is 24.3 Å². The van der Waals surface area contributed by atoms with Gasteiger partial charge in [0, 0.05) is 6.54 Å². The van der Waals surface area contributed by atoms with Crippen LogP contribution in [-0.2, 0) is 4.79 Å². The van der Waals surface area contributed by atoms with Crippen LogP contribution >= 0.6 is 0 Å². The maximum Gasteiger partial charge on any atom is 0.261 e. The first-order chi connectivity index (χ1) is 13.2. The van der Waals surface area contributed by atoms with Gasteiger partial charge in [0.15, 0.2) is 6.61 Å². The summed E-state index contributed by atoms with van der Waals surface area (Å²) in [5, 5.41) is 11.0. The first kappa shape index (κ1) is 17.1. The number of halogens is 1. The molecule has 0 spiro atoms. The van der Waals surface area contributed by atoms with Gasteiger partial charge in [-0.3, -0.25) is 4.79 Å². The standard InChI is InChI=1S/C19H18FN5O2/c20-15-5-3-14(4-6-15)18-2-1-11-24(18)19(26)12-27-17-9-7-16(8-10-17)25-13-21-22-23-25/h3-10,13,18H,1-2,11-12H2/t18-/m0/s1. The third-order valence-electron chi connectivity index (χ3n) is 4.64. The summed E-state index contributed by atoms with van der Waals surface area (Å²) in [6.45, 7) is 0.643. The summed E-state index contributed by atoms with van der Waals surface area (Å²) in [6.07, 6.45) is 3.30. The maximum atomic E-state index is 13.1. The van der Waals surface area contributed by atoms with E-state index in [4.69, 9.17) is 4.74 Å². The highest BCUT2D eigenvalue weighted by atomic mass is 19.1. The van der Waals surface area contributed by atoms with Gasteiger partial charge >= 0.3 is 0 Å². The zero-order valence-corrected chi connectivity index (χ0v) is 14.5. The minimum Gasteiger partial charge on any atom is -0.484 e. The summed E-state index contributed by atoms with van der Waals surface area (Å²) < 4.78 is 20.3. The first-order valence-corrected chi connectivity index (χ1v) is 8.72. The average Bonchev–Trinajstić information content (AvgIpc) is 3.39. The van der Waals surface area contributed by atoms with Gasteiger partial charge in [-0.2, -0.15) is 0 Å². The lowest BCUT2D eigenvalue weighted by Crippen LogP contribution is -2.34. The van der Waals surface area contributed by atoms with Gasteiger partial charge in [0.25, 0.3) is 5.91 Å². The Kier molecular flexibility index (Phi) is 4.78. The van der Waals surface area contributed by atoms with Crippen LogP contribution in [0.2, 0.25) is 0 Å². The molecule has 1 aromatic heterocycles. The molecule has 7 nitrogen and oxygen atoms in total. The van der Waals surface area contributed by atoms with Crippen LogP contribution in [0.1, 0.15) is 24.4 Å². The molecule has 0 radical (unpaired) electrons. The molecule has 2 aromatic carbocycles. The quantitative estimate of drug-likeness (QED) is 0.693. The van der Waals surface area contributed by atoms with Gasteiger partial charge < -0.3 is 9.64 Å². The number of aromatic nitrogens is 4. The van der Waals surface area contributed by atoms with E-state index in [2.05, 4.69) is 15.5 Å². The number of carbonyl (C=O) groups is 1. The van der Waals surface area contributed by atoms with E-state index in [0.29, 0.717) is 12.3 Å². The number of ether oxygens (including phenoxy) is 1. The van der Waals surface area contributed by atoms with Crippen molar-refractivity contribution in [3.8, 4) is 11.4 Å². The lowest BCUT2D eigenvalue weighted by atomic mass is 10.0. The molecule has 1 aliphatic heterocycles. The summed E-state index contributed by atoms with van der Waals surface area (Å²) in [4.78, 5) is 14.4. The Morgan fingerprint density at radius 2 is 1.93 bits per heavy atom. The second-order valence-electron chi connectivity index (χ2n) is 6.33. The van der Waals surface area contributed by atoms with E-state index in [1.807, 2.05) is 17.0 Å². The Hall–Kier alpha value is -3.29. The molecule has 4 rings (SSSR count). The Morgan fingerprint density at radius 1 is 1.15 bits per heavy atom. The molecule has 27 heavy (non-hydrogen) atoms. The van der Waals surface area contributed by atoms with E-state index in [0.717, 1.165) is 24.1 Å². The predicted molar refractivity (Wildman–Crippen MR) is 94.7 cm³/mol. The van der Waals surface area contributed by atoms with Gasteiger partial charge in [0.2, 0.25) is 0 Å². The molecular weight excluding hydrogens is 349 g/mol. The maximum absolute atomic E-state index is 13.1. The van der Waals surface area contributed by atoms with Gasteiger partial charge in [-0.25, -0.2) is 9.07 Å². The Balaban J connectivity index is 1.38. The van der Waals surface area contributed by atoms with Crippen molar-refractivity contribution < 1.29 is 13.9 Å². The highest BCUT2D eigenvalue weighted by Gasteiger charge is 2.30. The number of amides is 1. The molecule has 0 unspecified atom stereocenters. The van der Waals surface area contributed by atoms with Crippen molar-refractivity contribution in [2.45, 2.75) is 18.9 Å². The van der Waals surface area contributed by atoms with Crippen molar-refractivity contribution in [1.82, 2.24) is 25.1 Å². The Morgan fingerprint density at radius 3 is 2.63 bits per heavy atom. The molecule has 0 bridgehead atoms. The van der Waals surface area contributed by atoms with Crippen LogP contribution in [0.15, 0.2) is 54.9 Å². The zero-order chi connectivity index (χ0) is 18.6. The van der Waals surface area contributed by atoms with Gasteiger partial charge in [0.1, 0.15) is 17.9 Å². The van der Waals surface area contributed by atoms with E-state index in [-0.39, 0.29) is 24.4 Å². The van der Waals surface area contributed by atoms with Gasteiger partial charge in [-0.15, -0.1) is 5.10 Å². The smallest absolute Gasteiger partial charge is 0.261 e. The molecule has 1 atom stereocenters. The average molecular weight is 367 g/mol. The normalized spacial score (nSPS) is 16.5. The van der Waals surface area contributed by atoms with Crippen LogP contribution in [0, 0.1) is 5.82 Å². The van der Waals surface area contributed by atoms with Crippen molar-refractivity contribution in [2.75, 3.05) is 13.2 Å². The van der Waals surface area contributed by atoms with Crippen LogP contribution in [0.25, 0.3) is 5.69 Å². The van der Waals surface area contributed by atoms with E-state index >= 15 is 0 Å². The number of nitrogens with zero attached hydrogens (tertiary/aromatic N) is 5. The number of benzene rings is 2. The van der Waals surface area contributed by atoms with Crippen LogP contribution in [0.5, 0.6) is 5.75 Å². The lowest BCUT2D eigenvalue weighted by Gasteiger charge is -2.25. The number of hydrogen-bond donors (Lipinski definition) is 0. The molecule has 8 heteroatoms. The fourth-order valence-electron chi connectivity index (χ4n) is 3.30. The minimum atomic E-state index is -0.275. The van der Waals surface area contributed by atoms with Crippen molar-refractivity contribution in [3.05, 3.63) is 66.2 Å². The summed E-state index contributed by atoms with van der Waals surface area (Å²) in [7, 11) is 0. The molecule has 3 aromatic rings. The zero-order valence-electron chi connectivity index (χ0n) is 14.5. The van der Waals surface area contributed by atoms with E-state index in [1.165, 1.54) is 23.1 Å². The van der Waals surface area contributed by atoms with Crippen LogP contribution < -0.4 is 4.74 Å². The molecule has 1 saturated heterocycles. The summed E-state index contributed by atoms with van der Waals surface area (Å²) in [5.41, 5.74) is 1.75. The molecule has 1 amide bonds. The van der Waals surface area contributed by atoms with Crippen LogP contribution in [0.4, 0.5) is 4.39 Å². The molecule has 1 fully saturated rings. The monoisotopic (exact) mass is 367 g/mol. The Labute approximate surface area is 155 Å². The topological polar surface area (TPSA) is 73.1 Å². The molecule has 0 aliphatic carbocycles. The highest BCUT2D eigenvalue weighted by molar-refractivity contribution is 5.78. The molecular formula is C19H18FN5O2. The second-order valence-corrected chi connectivity index (χ2v) is 6.33. The third-order valence-corrected chi connectivity index (χ3v) is 4.64. The summed E-state index contributed by atoms with van der Waals surface area (Å²) in [6, 6.07) is 13.5. The van der Waals surface area contributed by atoms with E-state index in [9.17, 15) is 9.18 Å². The number of carbonyl (C=O) groups excluding carboxylic acids is 1. The van der Waals surface area contributed by atoms with Crippen molar-refractivity contribution in [2.24, 2.45) is 0 Å². The molecule has 0 N–H and O–H groups in total. The van der Waals surface area contributed by atoms with Crippen molar-refractivity contribution in [1.29, 1.82) is 0 Å². The minimum absolute atomic E-state index is 0.0242. The third kappa shape index (κ3) is 3.79. The Bertz CT molecular complexity index is 897. The fraction of sp³-hybridized carbons (Fsp3) is 0.263. The van der Waals surface area contributed by atoms with Crippen molar-refractivity contribution in [3.63, 3.8) is 0 Å². The molecule has 2 heterocycles. The predicted octanol–water partition coefficient (Wildman–Crippen LogP) is 2.54. The second kappa shape index (κ2) is 7.53. The lowest BCUT2D eigenvalue weighted by molar-refractivity contribution is -0.134. The summed E-state index contributed by atoms with van der Waals surface area (Å²) >= 11 is 0. The van der Waals surface area contributed by atoms with Gasteiger partial charge in [-0.1, -0.05) is 12.1 Å². The van der Waals surface area contributed by atoms with E-state index < -0.39 is 0 Å². The number of hydrogen-bond acceptors (Lipinski definition) is 5.